The van der Waals surface area contributed by atoms with Gasteiger partial charge in [0.05, 0.1) is 16.8 Å². The molecule has 0 aliphatic rings. The van der Waals surface area contributed by atoms with Crippen molar-refractivity contribution in [3.05, 3.63) is 83.8 Å². The molecule has 0 unspecified atom stereocenters. The summed E-state index contributed by atoms with van der Waals surface area (Å²) >= 11 is 0. The number of hydrogen-bond acceptors (Lipinski definition) is 4. The topological polar surface area (TPSA) is 88.4 Å². The first-order valence-electron chi connectivity index (χ1n) is 8.56. The highest BCUT2D eigenvalue weighted by Gasteiger charge is 2.15. The summed E-state index contributed by atoms with van der Waals surface area (Å²) in [5, 5.41) is 2.67. The van der Waals surface area contributed by atoms with Crippen LogP contribution in [0.4, 0.5) is 11.4 Å². The molecule has 0 aliphatic carbocycles. The van der Waals surface area contributed by atoms with Gasteiger partial charge in [0.15, 0.2) is 0 Å². The van der Waals surface area contributed by atoms with E-state index in [1.807, 2.05) is 26.0 Å². The Morgan fingerprint density at radius 3 is 2.43 bits per heavy atom. The summed E-state index contributed by atoms with van der Waals surface area (Å²) < 4.78 is 32.9. The molecule has 1 heterocycles. The fraction of sp³-hybridized carbons (Fsp3) is 0.0952. The van der Waals surface area contributed by atoms with Gasteiger partial charge in [-0.1, -0.05) is 17.7 Å². The van der Waals surface area contributed by atoms with Crippen LogP contribution in [0.2, 0.25) is 0 Å². The van der Waals surface area contributed by atoms with Gasteiger partial charge >= 0.3 is 0 Å². The van der Waals surface area contributed by atoms with Crippen molar-refractivity contribution >= 4 is 33.4 Å². The quantitative estimate of drug-likeness (QED) is 0.606. The average molecular weight is 396 g/mol. The van der Waals surface area contributed by atoms with Crippen molar-refractivity contribution in [2.45, 2.75) is 18.7 Å². The third kappa shape index (κ3) is 4.89. The first-order valence-corrected chi connectivity index (χ1v) is 10.0. The molecule has 0 fully saturated rings. The zero-order valence-electron chi connectivity index (χ0n) is 15.5. The molecule has 1 aromatic heterocycles. The second kappa shape index (κ2) is 8.14. The van der Waals surface area contributed by atoms with Crippen LogP contribution in [0.3, 0.4) is 0 Å². The highest BCUT2D eigenvalue weighted by Crippen LogP contribution is 2.21. The van der Waals surface area contributed by atoms with E-state index in [4.69, 9.17) is 4.42 Å². The average Bonchev–Trinajstić information content (AvgIpc) is 3.16. The van der Waals surface area contributed by atoms with Gasteiger partial charge in [-0.05, 0) is 68.0 Å². The number of sulfonamides is 1. The molecule has 1 amide bonds. The van der Waals surface area contributed by atoms with Crippen molar-refractivity contribution < 1.29 is 17.6 Å². The molecule has 0 spiro atoms. The maximum absolute atomic E-state index is 12.6. The Bertz CT molecular complexity index is 1100. The molecule has 0 saturated heterocycles. The van der Waals surface area contributed by atoms with E-state index < -0.39 is 10.0 Å². The first kappa shape index (κ1) is 19.4. The second-order valence-electron chi connectivity index (χ2n) is 6.29. The number of amides is 1. The highest BCUT2D eigenvalue weighted by molar-refractivity contribution is 7.92. The molecule has 3 aromatic rings. The normalized spacial score (nSPS) is 11.5. The predicted molar refractivity (Wildman–Crippen MR) is 110 cm³/mol. The van der Waals surface area contributed by atoms with Crippen LogP contribution in [0.1, 0.15) is 16.9 Å². The van der Waals surface area contributed by atoms with Gasteiger partial charge in [-0.15, -0.1) is 0 Å². The minimum absolute atomic E-state index is 0.108. The summed E-state index contributed by atoms with van der Waals surface area (Å²) in [7, 11) is -3.72. The van der Waals surface area contributed by atoms with E-state index in [0.717, 1.165) is 11.1 Å². The van der Waals surface area contributed by atoms with Crippen LogP contribution in [0.25, 0.3) is 6.08 Å². The van der Waals surface area contributed by atoms with Crippen molar-refractivity contribution in [1.29, 1.82) is 0 Å². The number of rotatable bonds is 6. The number of nitrogens with one attached hydrogen (secondary N) is 2. The van der Waals surface area contributed by atoms with Crippen molar-refractivity contribution in [2.75, 3.05) is 10.0 Å². The van der Waals surface area contributed by atoms with Crippen LogP contribution >= 0.6 is 0 Å². The van der Waals surface area contributed by atoms with Crippen LogP contribution in [0.15, 0.2) is 76.2 Å². The van der Waals surface area contributed by atoms with Gasteiger partial charge < -0.3 is 9.73 Å². The summed E-state index contributed by atoms with van der Waals surface area (Å²) in [6.07, 6.45) is 4.40. The van der Waals surface area contributed by atoms with E-state index in [1.54, 1.807) is 24.3 Å². The smallest absolute Gasteiger partial charge is 0.261 e. The molecule has 6 nitrogen and oxygen atoms in total. The molecule has 144 valence electrons. The van der Waals surface area contributed by atoms with Gasteiger partial charge in [-0.25, -0.2) is 8.42 Å². The standard InChI is InChI=1S/C21H20N2O4S/c1-15-5-11-20(16(2)14-15)23-28(25,26)19-9-6-17(7-10-19)22-21(24)12-8-18-4-3-13-27-18/h3-14,23H,1-2H3,(H,22,24). The number of hydrogen-bond donors (Lipinski definition) is 2. The second-order valence-corrected chi connectivity index (χ2v) is 7.97. The Morgan fingerprint density at radius 1 is 1.04 bits per heavy atom. The molecule has 2 aromatic carbocycles. The van der Waals surface area contributed by atoms with Crippen LogP contribution in [0, 0.1) is 13.8 Å². The number of benzene rings is 2. The molecule has 7 heteroatoms. The van der Waals surface area contributed by atoms with Crippen LogP contribution < -0.4 is 10.0 Å². The lowest BCUT2D eigenvalue weighted by molar-refractivity contribution is -0.111. The minimum Gasteiger partial charge on any atom is -0.465 e. The molecule has 0 bridgehead atoms. The van der Waals surface area contributed by atoms with Gasteiger partial charge in [0, 0.05) is 11.8 Å². The van der Waals surface area contributed by atoms with Crippen LogP contribution in [-0.2, 0) is 14.8 Å². The fourth-order valence-electron chi connectivity index (χ4n) is 2.58. The SMILES string of the molecule is Cc1ccc(NS(=O)(=O)c2ccc(NC(=O)C=Cc3ccco3)cc2)c(C)c1. The molecular weight excluding hydrogens is 376 g/mol. The largest absolute Gasteiger partial charge is 0.465 e. The number of carbonyl (C=O) groups excluding carboxylic acids is 1. The van der Waals surface area contributed by atoms with Gasteiger partial charge in [-0.2, -0.15) is 0 Å². The summed E-state index contributed by atoms with van der Waals surface area (Å²) in [5.74, 6) is 0.217. The van der Waals surface area contributed by atoms with E-state index in [-0.39, 0.29) is 10.8 Å². The molecule has 0 saturated carbocycles. The Balaban J connectivity index is 1.68. The summed E-state index contributed by atoms with van der Waals surface area (Å²) in [4.78, 5) is 12.0. The van der Waals surface area contributed by atoms with E-state index in [1.165, 1.54) is 36.6 Å². The monoisotopic (exact) mass is 396 g/mol. The van der Waals surface area contributed by atoms with E-state index >= 15 is 0 Å². The Morgan fingerprint density at radius 2 is 1.79 bits per heavy atom. The first-order chi connectivity index (χ1) is 13.3. The Hall–Kier alpha value is -3.32. The summed E-state index contributed by atoms with van der Waals surface area (Å²) in [5.41, 5.74) is 2.92. The van der Waals surface area contributed by atoms with Crippen molar-refractivity contribution in [3.8, 4) is 0 Å². The maximum Gasteiger partial charge on any atom is 0.261 e. The lowest BCUT2D eigenvalue weighted by Crippen LogP contribution is -2.14. The van der Waals surface area contributed by atoms with E-state index in [9.17, 15) is 13.2 Å². The third-order valence-electron chi connectivity index (χ3n) is 4.00. The molecule has 2 N–H and O–H groups in total. The lowest BCUT2D eigenvalue weighted by atomic mass is 10.1. The highest BCUT2D eigenvalue weighted by atomic mass is 32.2. The van der Waals surface area contributed by atoms with Gasteiger partial charge in [0.2, 0.25) is 5.91 Å². The molecule has 0 aliphatic heterocycles. The lowest BCUT2D eigenvalue weighted by Gasteiger charge is -2.11. The Kier molecular flexibility index (Phi) is 5.65. The maximum atomic E-state index is 12.6. The van der Waals surface area contributed by atoms with Gasteiger partial charge in [-0.3, -0.25) is 9.52 Å². The number of carbonyl (C=O) groups is 1. The zero-order valence-corrected chi connectivity index (χ0v) is 16.3. The van der Waals surface area contributed by atoms with E-state index in [0.29, 0.717) is 17.1 Å². The van der Waals surface area contributed by atoms with Crippen LogP contribution in [0.5, 0.6) is 0 Å². The molecule has 0 atom stereocenters. The number of aryl methyl sites for hydroxylation is 2. The molecular formula is C21H20N2O4S. The van der Waals surface area contributed by atoms with E-state index in [2.05, 4.69) is 10.0 Å². The van der Waals surface area contributed by atoms with Crippen molar-refractivity contribution in [3.63, 3.8) is 0 Å². The van der Waals surface area contributed by atoms with Gasteiger partial charge in [0.25, 0.3) is 10.0 Å². The predicted octanol–water partition coefficient (Wildman–Crippen LogP) is 4.35. The summed E-state index contributed by atoms with van der Waals surface area (Å²) in [6, 6.07) is 14.9. The van der Waals surface area contributed by atoms with Crippen LogP contribution in [-0.4, -0.2) is 14.3 Å². The number of anilines is 2. The molecule has 28 heavy (non-hydrogen) atoms. The van der Waals surface area contributed by atoms with Gasteiger partial charge in [0.1, 0.15) is 5.76 Å². The fourth-order valence-corrected chi connectivity index (χ4v) is 3.71. The summed E-state index contributed by atoms with van der Waals surface area (Å²) in [6.45, 7) is 3.79. The third-order valence-corrected chi connectivity index (χ3v) is 5.38. The molecule has 3 rings (SSSR count). The minimum atomic E-state index is -3.72. The number of furan rings is 1. The van der Waals surface area contributed by atoms with Crippen molar-refractivity contribution in [2.24, 2.45) is 0 Å². The Labute approximate surface area is 163 Å². The zero-order chi connectivity index (χ0) is 20.1. The molecule has 0 radical (unpaired) electrons. The van der Waals surface area contributed by atoms with Crippen molar-refractivity contribution in [1.82, 2.24) is 0 Å².